The predicted octanol–water partition coefficient (Wildman–Crippen LogP) is 3.83. The lowest BCUT2D eigenvalue weighted by Gasteiger charge is -2.22. The molecule has 0 aliphatic heterocycles. The van der Waals surface area contributed by atoms with E-state index >= 15 is 0 Å². The molecule has 2 heteroatoms. The Bertz CT molecular complexity index is 362. The molecule has 0 heterocycles. The van der Waals surface area contributed by atoms with E-state index in [-0.39, 0.29) is 5.41 Å². The van der Waals surface area contributed by atoms with Crippen LogP contribution in [0.3, 0.4) is 0 Å². The highest BCUT2D eigenvalue weighted by atomic mass is 16.5. The molecule has 0 aliphatic rings. The van der Waals surface area contributed by atoms with Gasteiger partial charge < -0.3 is 9.84 Å². The second-order valence-corrected chi connectivity index (χ2v) is 5.53. The van der Waals surface area contributed by atoms with Gasteiger partial charge in [0.05, 0.1) is 12.7 Å². The first-order chi connectivity index (χ1) is 7.86. The Morgan fingerprint density at radius 2 is 1.94 bits per heavy atom. The molecular weight excluding hydrogens is 212 g/mol. The summed E-state index contributed by atoms with van der Waals surface area (Å²) in [6, 6.07) is 6.10. The molecule has 96 valence electrons. The standard InChI is InChI=1S/C15H24O2/c1-6-9-17-14-8-7-12(15(3,4)5)10-13(14)11(2)16/h7-8,10-11,16H,6,9H2,1-5H3. The Morgan fingerprint density at radius 3 is 2.41 bits per heavy atom. The van der Waals surface area contributed by atoms with E-state index in [0.29, 0.717) is 6.61 Å². The highest BCUT2D eigenvalue weighted by Crippen LogP contribution is 2.31. The van der Waals surface area contributed by atoms with E-state index in [4.69, 9.17) is 4.74 Å². The van der Waals surface area contributed by atoms with Crippen LogP contribution in [0.4, 0.5) is 0 Å². The van der Waals surface area contributed by atoms with Crippen LogP contribution in [0.2, 0.25) is 0 Å². The van der Waals surface area contributed by atoms with Crippen molar-refractivity contribution in [3.8, 4) is 5.75 Å². The maximum absolute atomic E-state index is 9.81. The fraction of sp³-hybridized carbons (Fsp3) is 0.600. The Kier molecular flexibility index (Phi) is 4.58. The van der Waals surface area contributed by atoms with E-state index in [9.17, 15) is 5.11 Å². The molecule has 0 bridgehead atoms. The van der Waals surface area contributed by atoms with E-state index in [1.807, 2.05) is 6.07 Å². The molecule has 1 rings (SSSR count). The van der Waals surface area contributed by atoms with Gasteiger partial charge in [-0.05, 0) is 36.5 Å². The van der Waals surface area contributed by atoms with Crippen molar-refractivity contribution in [1.82, 2.24) is 0 Å². The monoisotopic (exact) mass is 236 g/mol. The average Bonchev–Trinajstić information content (AvgIpc) is 2.24. The number of ether oxygens (including phenoxy) is 1. The minimum atomic E-state index is -0.496. The fourth-order valence-electron chi connectivity index (χ4n) is 1.68. The lowest BCUT2D eigenvalue weighted by atomic mass is 9.85. The topological polar surface area (TPSA) is 29.5 Å². The second kappa shape index (κ2) is 5.54. The van der Waals surface area contributed by atoms with Gasteiger partial charge in [0.15, 0.2) is 0 Å². The van der Waals surface area contributed by atoms with Crippen molar-refractivity contribution in [2.24, 2.45) is 0 Å². The van der Waals surface area contributed by atoms with Crippen LogP contribution in [0.25, 0.3) is 0 Å². The van der Waals surface area contributed by atoms with Gasteiger partial charge in [-0.25, -0.2) is 0 Å². The zero-order chi connectivity index (χ0) is 13.1. The molecule has 1 N–H and O–H groups in total. The third kappa shape index (κ3) is 3.74. The summed E-state index contributed by atoms with van der Waals surface area (Å²) < 4.78 is 5.66. The summed E-state index contributed by atoms with van der Waals surface area (Å²) in [5.74, 6) is 0.801. The lowest BCUT2D eigenvalue weighted by Crippen LogP contribution is -2.12. The number of aliphatic hydroxyl groups is 1. The summed E-state index contributed by atoms with van der Waals surface area (Å²) in [5, 5.41) is 9.81. The minimum absolute atomic E-state index is 0.0902. The molecule has 17 heavy (non-hydrogen) atoms. The van der Waals surface area contributed by atoms with E-state index in [2.05, 4.69) is 39.8 Å². The van der Waals surface area contributed by atoms with Gasteiger partial charge >= 0.3 is 0 Å². The zero-order valence-electron chi connectivity index (χ0n) is 11.6. The molecule has 0 aliphatic carbocycles. The van der Waals surface area contributed by atoms with Crippen molar-refractivity contribution >= 4 is 0 Å². The first-order valence-electron chi connectivity index (χ1n) is 6.31. The summed E-state index contributed by atoms with van der Waals surface area (Å²) in [6.45, 7) is 11.0. The number of benzene rings is 1. The largest absolute Gasteiger partial charge is 0.493 e. The minimum Gasteiger partial charge on any atom is -0.493 e. The summed E-state index contributed by atoms with van der Waals surface area (Å²) in [5.41, 5.74) is 2.19. The van der Waals surface area contributed by atoms with Crippen molar-refractivity contribution in [2.75, 3.05) is 6.61 Å². The number of aliphatic hydroxyl groups excluding tert-OH is 1. The first kappa shape index (κ1) is 14.0. The molecule has 1 unspecified atom stereocenters. The van der Waals surface area contributed by atoms with Crippen molar-refractivity contribution in [3.63, 3.8) is 0 Å². The van der Waals surface area contributed by atoms with Gasteiger partial charge in [0.25, 0.3) is 0 Å². The van der Waals surface area contributed by atoms with E-state index in [1.54, 1.807) is 6.92 Å². The fourth-order valence-corrected chi connectivity index (χ4v) is 1.68. The Labute approximate surface area is 105 Å². The summed E-state index contributed by atoms with van der Waals surface area (Å²) in [7, 11) is 0. The van der Waals surface area contributed by atoms with Gasteiger partial charge in [-0.2, -0.15) is 0 Å². The normalized spacial score (nSPS) is 13.5. The van der Waals surface area contributed by atoms with E-state index in [0.717, 1.165) is 17.7 Å². The molecular formula is C15H24O2. The van der Waals surface area contributed by atoms with E-state index < -0.39 is 6.10 Å². The molecule has 0 saturated carbocycles. The van der Waals surface area contributed by atoms with Crippen LogP contribution in [-0.4, -0.2) is 11.7 Å². The van der Waals surface area contributed by atoms with Crippen molar-refractivity contribution in [1.29, 1.82) is 0 Å². The van der Waals surface area contributed by atoms with Crippen LogP contribution in [0.5, 0.6) is 5.75 Å². The van der Waals surface area contributed by atoms with Gasteiger partial charge in [-0.15, -0.1) is 0 Å². The van der Waals surface area contributed by atoms with Crippen LogP contribution < -0.4 is 4.74 Å². The third-order valence-electron chi connectivity index (χ3n) is 2.79. The quantitative estimate of drug-likeness (QED) is 0.861. The van der Waals surface area contributed by atoms with Gasteiger partial charge in [-0.1, -0.05) is 33.8 Å². The van der Waals surface area contributed by atoms with E-state index in [1.165, 1.54) is 5.56 Å². The maximum Gasteiger partial charge on any atom is 0.125 e. The molecule has 0 aromatic heterocycles. The third-order valence-corrected chi connectivity index (χ3v) is 2.79. The van der Waals surface area contributed by atoms with Crippen LogP contribution in [0.1, 0.15) is 58.3 Å². The Morgan fingerprint density at radius 1 is 1.29 bits per heavy atom. The molecule has 1 atom stereocenters. The van der Waals surface area contributed by atoms with Gasteiger partial charge in [0.1, 0.15) is 5.75 Å². The summed E-state index contributed by atoms with van der Waals surface area (Å²) in [4.78, 5) is 0. The van der Waals surface area contributed by atoms with Gasteiger partial charge in [0, 0.05) is 5.56 Å². The molecule has 0 spiro atoms. The smallest absolute Gasteiger partial charge is 0.125 e. The Balaban J connectivity index is 3.08. The van der Waals surface area contributed by atoms with Crippen LogP contribution in [-0.2, 0) is 5.41 Å². The molecule has 0 saturated heterocycles. The zero-order valence-corrected chi connectivity index (χ0v) is 11.6. The number of hydrogen-bond donors (Lipinski definition) is 1. The molecule has 0 amide bonds. The molecule has 2 nitrogen and oxygen atoms in total. The van der Waals surface area contributed by atoms with Crippen molar-refractivity contribution in [3.05, 3.63) is 29.3 Å². The summed E-state index contributed by atoms with van der Waals surface area (Å²) in [6.07, 6.45) is 0.476. The lowest BCUT2D eigenvalue weighted by molar-refractivity contribution is 0.191. The maximum atomic E-state index is 9.81. The van der Waals surface area contributed by atoms with Crippen molar-refractivity contribution in [2.45, 2.75) is 52.6 Å². The van der Waals surface area contributed by atoms with Crippen molar-refractivity contribution < 1.29 is 9.84 Å². The SMILES string of the molecule is CCCOc1ccc(C(C)(C)C)cc1C(C)O. The van der Waals surface area contributed by atoms with Gasteiger partial charge in [0.2, 0.25) is 0 Å². The van der Waals surface area contributed by atoms with Crippen LogP contribution >= 0.6 is 0 Å². The number of hydrogen-bond acceptors (Lipinski definition) is 2. The van der Waals surface area contributed by atoms with Crippen LogP contribution in [0, 0.1) is 0 Å². The molecule has 1 aromatic carbocycles. The van der Waals surface area contributed by atoms with Crippen LogP contribution in [0.15, 0.2) is 18.2 Å². The predicted molar refractivity (Wildman–Crippen MR) is 71.6 cm³/mol. The molecule has 1 aromatic rings. The molecule has 0 fully saturated rings. The first-order valence-corrected chi connectivity index (χ1v) is 6.31. The summed E-state index contributed by atoms with van der Waals surface area (Å²) >= 11 is 0. The second-order valence-electron chi connectivity index (χ2n) is 5.53. The molecule has 0 radical (unpaired) electrons. The number of rotatable bonds is 4. The Hall–Kier alpha value is -1.02. The average molecular weight is 236 g/mol. The highest BCUT2D eigenvalue weighted by molar-refractivity contribution is 5.40. The van der Waals surface area contributed by atoms with Gasteiger partial charge in [-0.3, -0.25) is 0 Å². The highest BCUT2D eigenvalue weighted by Gasteiger charge is 2.17.